The lowest BCUT2D eigenvalue weighted by Gasteiger charge is -1.62. The summed E-state index contributed by atoms with van der Waals surface area (Å²) >= 11 is 2.05. The molecule has 1 aromatic heterocycles. The predicted octanol–water partition coefficient (Wildman–Crippen LogP) is 1.28. The molecule has 2 nitrogen and oxygen atoms in total. The van der Waals surface area contributed by atoms with E-state index in [-0.39, 0.29) is 0 Å². The third-order valence-electron chi connectivity index (χ3n) is 0.406. The predicted molar refractivity (Wildman–Crippen MR) is 29.2 cm³/mol. The van der Waals surface area contributed by atoms with E-state index in [4.69, 9.17) is 0 Å². The van der Waals surface area contributed by atoms with Crippen molar-refractivity contribution in [2.45, 2.75) is 0 Å². The van der Waals surface area contributed by atoms with E-state index >= 15 is 0 Å². The van der Waals surface area contributed by atoms with Crippen LogP contribution in [0.15, 0.2) is 16.8 Å². The lowest BCUT2D eigenvalue weighted by molar-refractivity contribution is 0.397. The summed E-state index contributed by atoms with van der Waals surface area (Å²) in [6.45, 7) is 0. The first-order chi connectivity index (χ1) is 2.89. The summed E-state index contributed by atoms with van der Waals surface area (Å²) in [6.07, 6.45) is 1.61. The summed E-state index contributed by atoms with van der Waals surface area (Å²) in [7, 11) is 0. The van der Waals surface area contributed by atoms with Crippen LogP contribution in [-0.2, 0) is 0 Å². The van der Waals surface area contributed by atoms with E-state index < -0.39 is 0 Å². The fourth-order valence-electron chi connectivity index (χ4n) is 0.200. The van der Waals surface area contributed by atoms with Crippen molar-refractivity contribution in [3.63, 3.8) is 0 Å². The van der Waals surface area contributed by atoms with Crippen LogP contribution in [0.2, 0.25) is 0 Å². The molecule has 0 radical (unpaired) electrons. The molecule has 0 saturated carbocycles. The van der Waals surface area contributed by atoms with Gasteiger partial charge in [-0.2, -0.15) is 0 Å². The van der Waals surface area contributed by atoms with Gasteiger partial charge in [-0.1, -0.05) is 5.16 Å². The van der Waals surface area contributed by atoms with Crippen molar-refractivity contribution >= 4 is 22.6 Å². The molecule has 6 heavy (non-hydrogen) atoms. The Morgan fingerprint density at radius 2 is 2.67 bits per heavy atom. The molecule has 0 aliphatic carbocycles. The molecule has 0 fully saturated rings. The summed E-state index contributed by atoms with van der Waals surface area (Å²) in [4.78, 5) is 0. The highest BCUT2D eigenvalue weighted by Gasteiger charge is 1.80. The van der Waals surface area contributed by atoms with Crippen LogP contribution >= 0.6 is 22.6 Å². The molecule has 0 atom stereocenters. The lowest BCUT2D eigenvalue weighted by Crippen LogP contribution is -1.47. The van der Waals surface area contributed by atoms with E-state index in [1.54, 1.807) is 12.3 Å². The van der Waals surface area contributed by atoms with E-state index in [0.29, 0.717) is 0 Å². The van der Waals surface area contributed by atoms with Crippen LogP contribution in [0.4, 0.5) is 0 Å². The van der Waals surface area contributed by atoms with Gasteiger partial charge in [-0.3, -0.25) is 0 Å². The Morgan fingerprint density at radius 3 is 2.83 bits per heavy atom. The summed E-state index contributed by atoms with van der Waals surface area (Å²) < 4.78 is 5.40. The van der Waals surface area contributed by atoms with E-state index in [0.717, 1.165) is 3.77 Å². The Balaban J connectivity index is 3.05. The molecule has 1 rings (SSSR count). The van der Waals surface area contributed by atoms with Crippen molar-refractivity contribution in [2.75, 3.05) is 0 Å². The minimum Gasteiger partial charge on any atom is -0.350 e. The molecule has 3 heteroatoms. The van der Waals surface area contributed by atoms with Crippen LogP contribution in [0.25, 0.3) is 0 Å². The quantitative estimate of drug-likeness (QED) is 0.582. The fraction of sp³-hybridized carbons (Fsp3) is 0. The lowest BCUT2D eigenvalue weighted by atomic mass is 10.8. The van der Waals surface area contributed by atoms with Crippen LogP contribution in [0.3, 0.4) is 0 Å². The highest BCUT2D eigenvalue weighted by Crippen LogP contribution is 1.97. The number of nitrogens with zero attached hydrogens (tertiary/aromatic N) is 1. The molecule has 0 N–H and O–H groups in total. The molecule has 0 bridgehead atoms. The Hall–Kier alpha value is -0.0600. The van der Waals surface area contributed by atoms with Gasteiger partial charge in [0.25, 0.3) is 0 Å². The smallest absolute Gasteiger partial charge is 0.196 e. The molecule has 0 aromatic carbocycles. The van der Waals surface area contributed by atoms with Crippen molar-refractivity contribution in [1.82, 2.24) is 5.16 Å². The van der Waals surface area contributed by atoms with Gasteiger partial charge in [0.1, 0.15) is 0 Å². The minimum atomic E-state index is 0.826. The second kappa shape index (κ2) is 1.59. The Labute approximate surface area is 48.7 Å². The molecule has 1 heterocycles. The highest BCUT2D eigenvalue weighted by atomic mass is 127. The minimum absolute atomic E-state index is 0.826. The molecule has 0 amide bonds. The van der Waals surface area contributed by atoms with Gasteiger partial charge >= 0.3 is 0 Å². The molecule has 1 aromatic rings. The molecule has 0 aliphatic heterocycles. The molecule has 0 unspecified atom stereocenters. The Morgan fingerprint density at radius 1 is 1.83 bits per heavy atom. The monoisotopic (exact) mass is 195 g/mol. The normalized spacial score (nSPS) is 8.83. The van der Waals surface area contributed by atoms with Gasteiger partial charge < -0.3 is 4.52 Å². The zero-order chi connectivity index (χ0) is 4.41. The average molecular weight is 195 g/mol. The van der Waals surface area contributed by atoms with Crippen molar-refractivity contribution in [3.05, 3.63) is 16.0 Å². The first-order valence-corrected chi connectivity index (χ1v) is 2.53. The third-order valence-corrected chi connectivity index (χ3v) is 0.963. The molecular weight excluding hydrogens is 193 g/mol. The SMILES string of the molecule is Ic1ccno1. The largest absolute Gasteiger partial charge is 0.350 e. The highest BCUT2D eigenvalue weighted by molar-refractivity contribution is 14.1. The molecular formula is C3H2INO. The van der Waals surface area contributed by atoms with Crippen LogP contribution in [0, 0.1) is 3.77 Å². The second-order valence-corrected chi connectivity index (χ2v) is 1.88. The zero-order valence-electron chi connectivity index (χ0n) is 2.89. The average Bonchev–Trinajstić information content (AvgIpc) is 1.86. The number of rotatable bonds is 0. The maximum absolute atomic E-state index is 4.57. The van der Waals surface area contributed by atoms with Crippen LogP contribution in [0.1, 0.15) is 0 Å². The van der Waals surface area contributed by atoms with Gasteiger partial charge in [0.2, 0.25) is 0 Å². The van der Waals surface area contributed by atoms with Gasteiger partial charge in [0.05, 0.1) is 6.20 Å². The summed E-state index contributed by atoms with van der Waals surface area (Å²) in [5, 5.41) is 3.44. The van der Waals surface area contributed by atoms with Gasteiger partial charge in [-0.15, -0.1) is 0 Å². The summed E-state index contributed by atoms with van der Waals surface area (Å²) in [6, 6.07) is 1.79. The maximum atomic E-state index is 4.57. The third kappa shape index (κ3) is 0.707. The fourth-order valence-corrected chi connectivity index (χ4v) is 0.475. The van der Waals surface area contributed by atoms with Crippen LogP contribution < -0.4 is 0 Å². The van der Waals surface area contributed by atoms with Crippen molar-refractivity contribution in [1.29, 1.82) is 0 Å². The first kappa shape index (κ1) is 4.11. The van der Waals surface area contributed by atoms with Crippen molar-refractivity contribution < 1.29 is 4.52 Å². The van der Waals surface area contributed by atoms with Gasteiger partial charge in [-0.25, -0.2) is 0 Å². The van der Waals surface area contributed by atoms with E-state index in [1.165, 1.54) is 0 Å². The molecule has 0 spiro atoms. The number of hydrogen-bond donors (Lipinski definition) is 0. The van der Waals surface area contributed by atoms with Crippen molar-refractivity contribution in [3.8, 4) is 0 Å². The standard InChI is InChI=1S/C3H2INO/c4-3-1-2-5-6-3/h1-2H. The van der Waals surface area contributed by atoms with Gasteiger partial charge in [0, 0.05) is 28.7 Å². The van der Waals surface area contributed by atoms with Gasteiger partial charge in [-0.05, 0) is 0 Å². The second-order valence-electron chi connectivity index (χ2n) is 0.817. The molecule has 0 saturated heterocycles. The Bertz CT molecular complexity index is 114. The number of aromatic nitrogens is 1. The maximum Gasteiger partial charge on any atom is 0.196 e. The van der Waals surface area contributed by atoms with Crippen LogP contribution in [0.5, 0.6) is 0 Å². The van der Waals surface area contributed by atoms with Gasteiger partial charge in [0.15, 0.2) is 3.77 Å². The van der Waals surface area contributed by atoms with Crippen molar-refractivity contribution in [2.24, 2.45) is 0 Å². The van der Waals surface area contributed by atoms with E-state index in [1.807, 2.05) is 22.6 Å². The summed E-state index contributed by atoms with van der Waals surface area (Å²) in [5.41, 5.74) is 0. The molecule has 0 aliphatic rings. The topological polar surface area (TPSA) is 26.0 Å². The van der Waals surface area contributed by atoms with Crippen LogP contribution in [-0.4, -0.2) is 5.16 Å². The zero-order valence-corrected chi connectivity index (χ0v) is 5.05. The Kier molecular flexibility index (Phi) is 1.09. The number of hydrogen-bond acceptors (Lipinski definition) is 2. The van der Waals surface area contributed by atoms with E-state index in [2.05, 4.69) is 9.68 Å². The number of halogens is 1. The summed E-state index contributed by atoms with van der Waals surface area (Å²) in [5.74, 6) is 0. The first-order valence-electron chi connectivity index (χ1n) is 1.46. The van der Waals surface area contributed by atoms with E-state index in [9.17, 15) is 0 Å². The molecule has 32 valence electrons.